The van der Waals surface area contributed by atoms with Crippen molar-refractivity contribution in [1.29, 1.82) is 0 Å². The van der Waals surface area contributed by atoms with Crippen molar-refractivity contribution in [2.45, 2.75) is 18.9 Å². The van der Waals surface area contributed by atoms with Gasteiger partial charge in [0.25, 0.3) is 0 Å². The Morgan fingerprint density at radius 3 is 2.56 bits per heavy atom. The van der Waals surface area contributed by atoms with E-state index < -0.39 is 0 Å². The summed E-state index contributed by atoms with van der Waals surface area (Å²) in [4.78, 5) is 30.1. The molecule has 9 nitrogen and oxygen atoms in total. The van der Waals surface area contributed by atoms with Gasteiger partial charge in [-0.05, 0) is 30.9 Å². The number of amidine groups is 1. The fourth-order valence-electron chi connectivity index (χ4n) is 6.13. The topological polar surface area (TPSA) is 99.1 Å². The van der Waals surface area contributed by atoms with E-state index in [2.05, 4.69) is 73.4 Å². The van der Waals surface area contributed by atoms with E-state index in [0.717, 1.165) is 84.0 Å². The first-order valence-corrected chi connectivity index (χ1v) is 14.9. The second-order valence-electron chi connectivity index (χ2n) is 11.3. The number of piperazine rings is 1. The van der Waals surface area contributed by atoms with Crippen molar-refractivity contribution < 1.29 is 0 Å². The van der Waals surface area contributed by atoms with Gasteiger partial charge in [-0.2, -0.15) is 0 Å². The number of pyridine rings is 1. The van der Waals surface area contributed by atoms with Crippen molar-refractivity contribution in [3.8, 4) is 11.3 Å². The summed E-state index contributed by atoms with van der Waals surface area (Å²) in [6.45, 7) is 4.04. The molecule has 43 heavy (non-hydrogen) atoms. The Balaban J connectivity index is 1.10. The Labute approximate surface area is 251 Å². The van der Waals surface area contributed by atoms with E-state index in [-0.39, 0.29) is 0 Å². The highest BCUT2D eigenvalue weighted by molar-refractivity contribution is 6.05. The number of anilines is 1. The van der Waals surface area contributed by atoms with Gasteiger partial charge in [-0.25, -0.2) is 15.0 Å². The van der Waals surface area contributed by atoms with Gasteiger partial charge in [0, 0.05) is 86.8 Å². The van der Waals surface area contributed by atoms with Crippen LogP contribution in [0.2, 0.25) is 0 Å². The van der Waals surface area contributed by atoms with Crippen molar-refractivity contribution in [1.82, 2.24) is 24.8 Å². The van der Waals surface area contributed by atoms with Gasteiger partial charge in [-0.1, -0.05) is 48.5 Å². The van der Waals surface area contributed by atoms with Crippen molar-refractivity contribution in [2.75, 3.05) is 38.1 Å². The number of likely N-dealkylation sites (N-methyl/N-ethyl adjacent to an activating group) is 1. The molecule has 216 valence electrons. The maximum absolute atomic E-state index is 6.44. The lowest BCUT2D eigenvalue weighted by atomic mass is 9.80. The van der Waals surface area contributed by atoms with Crippen LogP contribution in [0.5, 0.6) is 0 Å². The Morgan fingerprint density at radius 1 is 0.977 bits per heavy atom. The highest BCUT2D eigenvalue weighted by Crippen LogP contribution is 2.33. The minimum atomic E-state index is 0.421. The Morgan fingerprint density at radius 2 is 1.79 bits per heavy atom. The van der Waals surface area contributed by atoms with Crippen molar-refractivity contribution in [3.63, 3.8) is 0 Å². The molecule has 7 rings (SSSR count). The first-order valence-electron chi connectivity index (χ1n) is 14.9. The number of hydrogen-bond donors (Lipinski definition) is 1. The number of aliphatic imine (C=N–C) groups is 2. The van der Waals surface area contributed by atoms with Crippen LogP contribution in [-0.2, 0) is 0 Å². The molecule has 0 amide bonds. The molecule has 0 atom stereocenters. The second-order valence-corrected chi connectivity index (χ2v) is 11.3. The average molecular weight is 570 g/mol. The van der Waals surface area contributed by atoms with Crippen LogP contribution < -0.4 is 10.6 Å². The molecule has 1 saturated heterocycles. The summed E-state index contributed by atoms with van der Waals surface area (Å²) in [5.74, 6) is 1.84. The summed E-state index contributed by atoms with van der Waals surface area (Å²) >= 11 is 0. The van der Waals surface area contributed by atoms with Crippen LogP contribution in [0.15, 0.2) is 107 Å². The number of rotatable bonds is 6. The van der Waals surface area contributed by atoms with Gasteiger partial charge in [0.2, 0.25) is 0 Å². The van der Waals surface area contributed by atoms with Crippen molar-refractivity contribution >= 4 is 34.5 Å². The SMILES string of the molecule is CN1C=CN=C(N)/C1=C(/N=CC1CC(N2CCN(c3cnccn3)CC2)C1)c1ccc2ccc(-c3ccccc3)nc2c1. The summed E-state index contributed by atoms with van der Waals surface area (Å²) in [6.07, 6.45) is 13.3. The second kappa shape index (κ2) is 11.8. The Hall–Kier alpha value is -4.89. The van der Waals surface area contributed by atoms with E-state index in [9.17, 15) is 0 Å². The lowest BCUT2D eigenvalue weighted by Gasteiger charge is -2.45. The molecule has 3 aliphatic rings. The summed E-state index contributed by atoms with van der Waals surface area (Å²) in [7, 11) is 1.98. The molecule has 9 heteroatoms. The first kappa shape index (κ1) is 27.0. The molecule has 0 radical (unpaired) electrons. The third-order valence-electron chi connectivity index (χ3n) is 8.63. The van der Waals surface area contributed by atoms with Gasteiger partial charge >= 0.3 is 0 Å². The van der Waals surface area contributed by atoms with Gasteiger partial charge in [0.15, 0.2) is 0 Å². The highest BCUT2D eigenvalue weighted by Gasteiger charge is 2.34. The molecule has 4 aromatic rings. The number of benzene rings is 2. The van der Waals surface area contributed by atoms with Crippen LogP contribution in [0.25, 0.3) is 27.9 Å². The standard InChI is InChI=1S/C34H35N9/c1-41-14-13-38-34(35)33(41)32(27-8-7-26-9-10-29(40-30(26)21-27)25-5-3-2-4-6-25)39-22-24-19-28(20-24)42-15-17-43(18-16-42)31-23-36-11-12-37-31/h2-14,21-24,28H,15-20H2,1H3,(H2,35,38)/b33-32-,39-22?. The highest BCUT2D eigenvalue weighted by atomic mass is 15.3. The summed E-state index contributed by atoms with van der Waals surface area (Å²) in [5.41, 5.74) is 12.0. The van der Waals surface area contributed by atoms with Gasteiger partial charge in [0.05, 0.1) is 23.1 Å². The average Bonchev–Trinajstić information content (AvgIpc) is 3.03. The fourth-order valence-corrected chi connectivity index (χ4v) is 6.13. The third kappa shape index (κ3) is 5.63. The van der Waals surface area contributed by atoms with Gasteiger partial charge in [-0.15, -0.1) is 0 Å². The smallest absolute Gasteiger partial charge is 0.149 e. The van der Waals surface area contributed by atoms with E-state index in [1.54, 1.807) is 18.6 Å². The summed E-state index contributed by atoms with van der Waals surface area (Å²) in [6, 6.07) is 21.4. The van der Waals surface area contributed by atoms with E-state index in [1.165, 1.54) is 0 Å². The number of nitrogens with two attached hydrogens (primary N) is 1. The predicted molar refractivity (Wildman–Crippen MR) is 173 cm³/mol. The van der Waals surface area contributed by atoms with Crippen LogP contribution in [0.3, 0.4) is 0 Å². The number of nitrogens with zero attached hydrogens (tertiary/aromatic N) is 8. The van der Waals surface area contributed by atoms with Crippen LogP contribution >= 0.6 is 0 Å². The molecule has 2 aliphatic heterocycles. The largest absolute Gasteiger partial charge is 0.382 e. The molecular weight excluding hydrogens is 534 g/mol. The van der Waals surface area contributed by atoms with Crippen LogP contribution in [0, 0.1) is 5.92 Å². The molecule has 0 spiro atoms. The van der Waals surface area contributed by atoms with Gasteiger partial charge in [0.1, 0.15) is 17.4 Å². The minimum absolute atomic E-state index is 0.421. The van der Waals surface area contributed by atoms with Crippen LogP contribution in [0.1, 0.15) is 18.4 Å². The van der Waals surface area contributed by atoms with Crippen molar-refractivity contribution in [2.24, 2.45) is 21.6 Å². The molecule has 4 heterocycles. The van der Waals surface area contributed by atoms with E-state index in [0.29, 0.717) is 17.8 Å². The Kier molecular flexibility index (Phi) is 7.39. The zero-order valence-corrected chi connectivity index (χ0v) is 24.3. The fraction of sp³-hybridized carbons (Fsp3) is 0.265. The maximum Gasteiger partial charge on any atom is 0.149 e. The molecule has 1 saturated carbocycles. The normalized spacial score (nSPS) is 22.1. The lowest BCUT2D eigenvalue weighted by Crippen LogP contribution is -2.54. The maximum atomic E-state index is 6.44. The van der Waals surface area contributed by atoms with E-state index in [4.69, 9.17) is 15.7 Å². The molecule has 2 fully saturated rings. The third-order valence-corrected chi connectivity index (χ3v) is 8.63. The Bertz CT molecular complexity index is 1720. The zero-order chi connectivity index (χ0) is 29.2. The quantitative estimate of drug-likeness (QED) is 0.333. The zero-order valence-electron chi connectivity index (χ0n) is 24.3. The molecule has 1 aliphatic carbocycles. The van der Waals surface area contributed by atoms with Gasteiger partial charge < -0.3 is 15.5 Å². The van der Waals surface area contributed by atoms with Crippen molar-refractivity contribution in [3.05, 3.63) is 103 Å². The molecular formula is C34H35N9. The lowest BCUT2D eigenvalue weighted by molar-refractivity contribution is 0.0999. The molecule has 2 N–H and O–H groups in total. The number of fused-ring (bicyclic) bond motifs is 1. The summed E-state index contributed by atoms with van der Waals surface area (Å²) < 4.78 is 0. The van der Waals surface area contributed by atoms with Crippen LogP contribution in [-0.4, -0.2) is 76.1 Å². The minimum Gasteiger partial charge on any atom is -0.382 e. The summed E-state index contributed by atoms with van der Waals surface area (Å²) in [5, 5.41) is 1.08. The molecule has 2 aromatic heterocycles. The predicted octanol–water partition coefficient (Wildman–Crippen LogP) is 4.81. The number of aromatic nitrogens is 3. The monoisotopic (exact) mass is 569 g/mol. The first-order chi connectivity index (χ1) is 21.1. The van der Waals surface area contributed by atoms with E-state index in [1.807, 2.05) is 42.5 Å². The molecule has 0 unspecified atom stereocenters. The molecule has 2 aromatic carbocycles. The van der Waals surface area contributed by atoms with E-state index >= 15 is 0 Å². The van der Waals surface area contributed by atoms with Crippen LogP contribution in [0.4, 0.5) is 5.82 Å². The number of hydrogen-bond acceptors (Lipinski definition) is 9. The van der Waals surface area contributed by atoms with Gasteiger partial charge in [-0.3, -0.25) is 14.9 Å². The molecule has 0 bridgehead atoms.